The Hall–Kier alpha value is -3.20. The molecule has 2 rings (SSSR count). The molecule has 138 valence electrons. The SMILES string of the molecule is C=C/C(N=Nc1ccc(N)nc1N)=C(\C=C)OC(=O)OC1CCN(C)C1. The number of rotatable bonds is 6. The molecule has 0 amide bonds. The summed E-state index contributed by atoms with van der Waals surface area (Å²) in [6.45, 7) is 8.78. The van der Waals surface area contributed by atoms with Gasteiger partial charge in [-0.05, 0) is 37.8 Å². The van der Waals surface area contributed by atoms with Gasteiger partial charge in [-0.1, -0.05) is 13.2 Å². The first-order chi connectivity index (χ1) is 12.4. The zero-order valence-electron chi connectivity index (χ0n) is 14.6. The molecule has 1 aliphatic rings. The van der Waals surface area contributed by atoms with E-state index in [2.05, 4.69) is 33.3 Å². The summed E-state index contributed by atoms with van der Waals surface area (Å²) < 4.78 is 10.4. The summed E-state index contributed by atoms with van der Waals surface area (Å²) in [5.41, 5.74) is 11.8. The van der Waals surface area contributed by atoms with Crippen molar-refractivity contribution in [3.63, 3.8) is 0 Å². The van der Waals surface area contributed by atoms with Gasteiger partial charge in [0.15, 0.2) is 11.6 Å². The first-order valence-corrected chi connectivity index (χ1v) is 7.92. The summed E-state index contributed by atoms with van der Waals surface area (Å²) in [4.78, 5) is 17.9. The lowest BCUT2D eigenvalue weighted by Gasteiger charge is -2.12. The van der Waals surface area contributed by atoms with E-state index in [0.717, 1.165) is 13.0 Å². The van der Waals surface area contributed by atoms with Crippen LogP contribution in [0.4, 0.5) is 22.1 Å². The van der Waals surface area contributed by atoms with Crippen LogP contribution in [0.3, 0.4) is 0 Å². The van der Waals surface area contributed by atoms with Gasteiger partial charge in [-0.15, -0.1) is 10.2 Å². The molecule has 9 nitrogen and oxygen atoms in total. The number of hydrogen-bond acceptors (Lipinski definition) is 9. The number of pyridine rings is 1. The zero-order valence-corrected chi connectivity index (χ0v) is 14.6. The van der Waals surface area contributed by atoms with Crippen LogP contribution in [0.5, 0.6) is 0 Å². The van der Waals surface area contributed by atoms with Crippen LogP contribution in [-0.4, -0.2) is 42.3 Å². The van der Waals surface area contributed by atoms with Gasteiger partial charge in [-0.2, -0.15) is 0 Å². The molecule has 26 heavy (non-hydrogen) atoms. The third kappa shape index (κ3) is 5.15. The number of nitrogen functional groups attached to an aromatic ring is 2. The number of nitrogens with zero attached hydrogens (tertiary/aromatic N) is 4. The normalized spacial score (nSPS) is 18.4. The van der Waals surface area contributed by atoms with Crippen LogP contribution in [0.15, 0.2) is 59.1 Å². The smallest absolute Gasteiger partial charge is 0.429 e. The highest BCUT2D eigenvalue weighted by atomic mass is 16.7. The van der Waals surface area contributed by atoms with Crippen molar-refractivity contribution in [3.05, 3.63) is 48.9 Å². The molecule has 1 atom stereocenters. The average molecular weight is 358 g/mol. The number of aromatic nitrogens is 1. The first kappa shape index (κ1) is 19.1. The van der Waals surface area contributed by atoms with Crippen LogP contribution in [-0.2, 0) is 9.47 Å². The van der Waals surface area contributed by atoms with Crippen molar-refractivity contribution in [1.82, 2.24) is 9.88 Å². The van der Waals surface area contributed by atoms with E-state index in [1.165, 1.54) is 12.2 Å². The van der Waals surface area contributed by atoms with Crippen molar-refractivity contribution in [1.29, 1.82) is 0 Å². The van der Waals surface area contributed by atoms with Gasteiger partial charge in [0.2, 0.25) is 0 Å². The van der Waals surface area contributed by atoms with E-state index in [4.69, 9.17) is 20.9 Å². The van der Waals surface area contributed by atoms with Crippen molar-refractivity contribution < 1.29 is 14.3 Å². The Kier molecular flexibility index (Phi) is 6.45. The van der Waals surface area contributed by atoms with Gasteiger partial charge in [0.05, 0.1) is 0 Å². The second-order valence-electron chi connectivity index (χ2n) is 5.64. The Labute approximate surface area is 151 Å². The molecule has 0 spiro atoms. The van der Waals surface area contributed by atoms with E-state index < -0.39 is 6.16 Å². The minimum atomic E-state index is -0.830. The van der Waals surface area contributed by atoms with Crippen molar-refractivity contribution in [3.8, 4) is 0 Å². The highest BCUT2D eigenvalue weighted by Crippen LogP contribution is 2.23. The largest absolute Gasteiger partial charge is 0.514 e. The number of azo groups is 1. The van der Waals surface area contributed by atoms with Crippen LogP contribution >= 0.6 is 0 Å². The predicted molar refractivity (Wildman–Crippen MR) is 98.5 cm³/mol. The standard InChI is InChI=1S/C17H22N6O3/c1-4-12(21-22-13-6-7-15(18)20-16(13)19)14(5-2)26-17(24)25-11-8-9-23(3)10-11/h4-7,11H,1-2,8-10H2,3H3,(H4,18,19,20)/b14-12-,22-21?. The second-order valence-corrected chi connectivity index (χ2v) is 5.64. The van der Waals surface area contributed by atoms with Gasteiger partial charge in [-0.25, -0.2) is 9.78 Å². The molecule has 1 fully saturated rings. The molecule has 0 aromatic carbocycles. The topological polar surface area (TPSA) is 128 Å². The van der Waals surface area contributed by atoms with E-state index in [9.17, 15) is 4.79 Å². The Bertz CT molecular complexity index is 759. The predicted octanol–water partition coefficient (Wildman–Crippen LogP) is 2.77. The molecule has 2 heterocycles. The maximum atomic E-state index is 12.0. The Balaban J connectivity index is 2.10. The van der Waals surface area contributed by atoms with E-state index in [-0.39, 0.29) is 29.2 Å². The second kappa shape index (κ2) is 8.77. The molecule has 1 aromatic heterocycles. The summed E-state index contributed by atoms with van der Waals surface area (Å²) in [5.74, 6) is 0.474. The Morgan fingerprint density at radius 1 is 1.38 bits per heavy atom. The first-order valence-electron chi connectivity index (χ1n) is 7.92. The van der Waals surface area contributed by atoms with Crippen molar-refractivity contribution >= 4 is 23.5 Å². The Morgan fingerprint density at radius 3 is 2.73 bits per heavy atom. The molecule has 1 aliphatic heterocycles. The van der Waals surface area contributed by atoms with E-state index >= 15 is 0 Å². The number of nitrogens with two attached hydrogens (primary N) is 2. The number of carbonyl (C=O) groups is 1. The van der Waals surface area contributed by atoms with Gasteiger partial charge in [0, 0.05) is 13.1 Å². The lowest BCUT2D eigenvalue weighted by atomic mass is 10.3. The highest BCUT2D eigenvalue weighted by Gasteiger charge is 2.24. The molecule has 0 radical (unpaired) electrons. The fourth-order valence-electron chi connectivity index (χ4n) is 2.31. The van der Waals surface area contributed by atoms with Crippen LogP contribution < -0.4 is 11.5 Å². The highest BCUT2D eigenvalue weighted by molar-refractivity contribution is 5.63. The van der Waals surface area contributed by atoms with Crippen LogP contribution in [0, 0.1) is 0 Å². The lowest BCUT2D eigenvalue weighted by molar-refractivity contribution is 0.0462. The number of anilines is 2. The van der Waals surface area contributed by atoms with E-state index in [1.54, 1.807) is 12.1 Å². The summed E-state index contributed by atoms with van der Waals surface area (Å²) in [6.07, 6.45) is 2.42. The number of ether oxygens (including phenoxy) is 2. The molecular weight excluding hydrogens is 336 g/mol. The van der Waals surface area contributed by atoms with Crippen LogP contribution in [0.25, 0.3) is 0 Å². The summed E-state index contributed by atoms with van der Waals surface area (Å²) >= 11 is 0. The number of likely N-dealkylation sites (tertiary alicyclic amines) is 1. The van der Waals surface area contributed by atoms with Gasteiger partial charge in [-0.3, -0.25) is 0 Å². The molecule has 1 aromatic rings. The van der Waals surface area contributed by atoms with Crippen LogP contribution in [0.2, 0.25) is 0 Å². The average Bonchev–Trinajstić information content (AvgIpc) is 3.00. The van der Waals surface area contributed by atoms with Crippen LogP contribution in [0.1, 0.15) is 6.42 Å². The van der Waals surface area contributed by atoms with Gasteiger partial charge >= 0.3 is 6.16 Å². The number of likely N-dealkylation sites (N-methyl/N-ethyl adjacent to an activating group) is 1. The Morgan fingerprint density at radius 2 is 2.15 bits per heavy atom. The molecule has 1 unspecified atom stereocenters. The number of hydrogen-bond donors (Lipinski definition) is 2. The molecule has 1 saturated heterocycles. The monoisotopic (exact) mass is 358 g/mol. The maximum Gasteiger partial charge on any atom is 0.514 e. The maximum absolute atomic E-state index is 12.0. The van der Waals surface area contributed by atoms with Crippen molar-refractivity contribution in [2.24, 2.45) is 10.2 Å². The van der Waals surface area contributed by atoms with Crippen molar-refractivity contribution in [2.75, 3.05) is 31.6 Å². The number of allylic oxidation sites excluding steroid dienone is 2. The summed E-state index contributed by atoms with van der Waals surface area (Å²) in [6, 6.07) is 3.12. The molecule has 0 saturated carbocycles. The van der Waals surface area contributed by atoms with E-state index in [0.29, 0.717) is 12.2 Å². The molecule has 0 aliphatic carbocycles. The summed E-state index contributed by atoms with van der Waals surface area (Å²) in [7, 11) is 1.96. The molecule has 0 bridgehead atoms. The lowest BCUT2D eigenvalue weighted by Crippen LogP contribution is -2.22. The molecule has 4 N–H and O–H groups in total. The zero-order chi connectivity index (χ0) is 19.1. The van der Waals surface area contributed by atoms with Gasteiger partial charge in [0.25, 0.3) is 0 Å². The van der Waals surface area contributed by atoms with Gasteiger partial charge in [0.1, 0.15) is 23.3 Å². The minimum Gasteiger partial charge on any atom is -0.429 e. The van der Waals surface area contributed by atoms with Crippen molar-refractivity contribution in [2.45, 2.75) is 12.5 Å². The summed E-state index contributed by atoms with van der Waals surface area (Å²) in [5, 5.41) is 7.96. The quantitative estimate of drug-likeness (QED) is 0.346. The molecular formula is C17H22N6O3. The fraction of sp³-hybridized carbons (Fsp3) is 0.294. The third-order valence-corrected chi connectivity index (χ3v) is 3.62. The number of carbonyl (C=O) groups excluding carboxylic acids is 1. The third-order valence-electron chi connectivity index (χ3n) is 3.62. The minimum absolute atomic E-state index is 0.0714. The molecule has 9 heteroatoms. The van der Waals surface area contributed by atoms with Gasteiger partial charge < -0.3 is 25.8 Å². The fourth-order valence-corrected chi connectivity index (χ4v) is 2.31. The van der Waals surface area contributed by atoms with E-state index in [1.807, 2.05) is 7.05 Å².